The Morgan fingerprint density at radius 2 is 1.48 bits per heavy atom. The van der Waals surface area contributed by atoms with Gasteiger partial charge in [-0.25, -0.2) is 9.79 Å². The molecule has 2 aromatic carbocycles. The van der Waals surface area contributed by atoms with Gasteiger partial charge in [-0.3, -0.25) is 0 Å². The zero-order chi connectivity index (χ0) is 21.0. The molecular weight excluding hydrogens is 378 g/mol. The SMILES string of the molecule is COc1cc(OC)cc(C2=N/C(=C\c3ccc(OC)c(OC)c3OC)C(=O)O2)c1. The number of ether oxygens (including phenoxy) is 6. The maximum Gasteiger partial charge on any atom is 0.363 e. The van der Waals surface area contributed by atoms with E-state index < -0.39 is 5.97 Å². The van der Waals surface area contributed by atoms with E-state index in [1.54, 1.807) is 36.4 Å². The molecule has 2 aromatic rings. The van der Waals surface area contributed by atoms with Crippen molar-refractivity contribution in [2.45, 2.75) is 0 Å². The smallest absolute Gasteiger partial charge is 0.363 e. The van der Waals surface area contributed by atoms with E-state index >= 15 is 0 Å². The Bertz CT molecular complexity index is 973. The number of hydrogen-bond acceptors (Lipinski definition) is 8. The van der Waals surface area contributed by atoms with E-state index in [1.165, 1.54) is 35.5 Å². The summed E-state index contributed by atoms with van der Waals surface area (Å²) in [7, 11) is 7.62. The van der Waals surface area contributed by atoms with Crippen LogP contribution in [-0.4, -0.2) is 47.4 Å². The van der Waals surface area contributed by atoms with E-state index in [-0.39, 0.29) is 11.6 Å². The maximum absolute atomic E-state index is 12.4. The molecule has 1 heterocycles. The minimum atomic E-state index is -0.585. The lowest BCUT2D eigenvalue weighted by atomic mass is 10.1. The van der Waals surface area contributed by atoms with Gasteiger partial charge in [0.2, 0.25) is 11.6 Å². The molecule has 0 N–H and O–H groups in total. The zero-order valence-corrected chi connectivity index (χ0v) is 16.8. The fraction of sp³-hybridized carbons (Fsp3) is 0.238. The Hall–Kier alpha value is -3.68. The van der Waals surface area contributed by atoms with Crippen LogP contribution in [0.25, 0.3) is 6.08 Å². The molecule has 0 saturated heterocycles. The van der Waals surface area contributed by atoms with Crippen molar-refractivity contribution in [2.75, 3.05) is 35.5 Å². The number of aliphatic imine (C=N–C) groups is 1. The first-order valence-corrected chi connectivity index (χ1v) is 8.59. The summed E-state index contributed by atoms with van der Waals surface area (Å²) >= 11 is 0. The molecule has 0 fully saturated rings. The van der Waals surface area contributed by atoms with Gasteiger partial charge in [-0.05, 0) is 30.3 Å². The van der Waals surface area contributed by atoms with Crippen molar-refractivity contribution in [1.82, 2.24) is 0 Å². The highest BCUT2D eigenvalue weighted by Crippen LogP contribution is 2.41. The molecule has 1 aliphatic heterocycles. The van der Waals surface area contributed by atoms with Gasteiger partial charge in [0, 0.05) is 17.2 Å². The number of benzene rings is 2. The number of carbonyl (C=O) groups is 1. The van der Waals surface area contributed by atoms with E-state index in [0.29, 0.717) is 39.9 Å². The molecule has 0 saturated carbocycles. The minimum absolute atomic E-state index is 0.118. The van der Waals surface area contributed by atoms with Gasteiger partial charge in [0.1, 0.15) is 11.5 Å². The van der Waals surface area contributed by atoms with Crippen LogP contribution in [0, 0.1) is 0 Å². The molecule has 0 bridgehead atoms. The minimum Gasteiger partial charge on any atom is -0.497 e. The molecule has 0 aromatic heterocycles. The standard InChI is InChI=1S/C21H21NO7/c1-24-14-8-13(9-15(11-14)25-2)20-22-16(21(23)29-20)10-12-6-7-17(26-3)19(28-5)18(12)27-4/h6-11H,1-5H3/b16-10-. The van der Waals surface area contributed by atoms with Gasteiger partial charge in [-0.15, -0.1) is 0 Å². The van der Waals surface area contributed by atoms with Crippen LogP contribution in [0.3, 0.4) is 0 Å². The van der Waals surface area contributed by atoms with Gasteiger partial charge in [0.15, 0.2) is 17.2 Å². The van der Waals surface area contributed by atoms with Crippen LogP contribution in [0.15, 0.2) is 41.0 Å². The van der Waals surface area contributed by atoms with Crippen molar-refractivity contribution in [1.29, 1.82) is 0 Å². The van der Waals surface area contributed by atoms with Gasteiger partial charge in [0.05, 0.1) is 35.5 Å². The third-order valence-corrected chi connectivity index (χ3v) is 4.25. The zero-order valence-electron chi connectivity index (χ0n) is 16.8. The quantitative estimate of drug-likeness (QED) is 0.522. The van der Waals surface area contributed by atoms with Gasteiger partial charge >= 0.3 is 5.97 Å². The fourth-order valence-corrected chi connectivity index (χ4v) is 2.85. The Kier molecular flexibility index (Phi) is 5.92. The number of esters is 1. The highest BCUT2D eigenvalue weighted by Gasteiger charge is 2.26. The highest BCUT2D eigenvalue weighted by molar-refractivity contribution is 6.13. The number of hydrogen-bond donors (Lipinski definition) is 0. The van der Waals surface area contributed by atoms with E-state index in [2.05, 4.69) is 4.99 Å². The molecule has 0 spiro atoms. The van der Waals surface area contributed by atoms with E-state index in [1.807, 2.05) is 0 Å². The summed E-state index contributed by atoms with van der Waals surface area (Å²) in [5.74, 6) is 2.01. The first-order chi connectivity index (χ1) is 14.0. The van der Waals surface area contributed by atoms with Crippen LogP contribution in [0.1, 0.15) is 11.1 Å². The first kappa shape index (κ1) is 20.1. The van der Waals surface area contributed by atoms with Crippen LogP contribution in [-0.2, 0) is 9.53 Å². The maximum atomic E-state index is 12.4. The van der Waals surface area contributed by atoms with E-state index in [0.717, 1.165) is 0 Å². The summed E-state index contributed by atoms with van der Waals surface area (Å²) in [6.45, 7) is 0. The molecule has 0 amide bonds. The molecule has 152 valence electrons. The molecule has 0 atom stereocenters. The lowest BCUT2D eigenvalue weighted by molar-refractivity contribution is -0.129. The van der Waals surface area contributed by atoms with E-state index in [4.69, 9.17) is 28.4 Å². The van der Waals surface area contributed by atoms with Crippen molar-refractivity contribution in [3.05, 3.63) is 47.2 Å². The van der Waals surface area contributed by atoms with Crippen molar-refractivity contribution in [3.8, 4) is 28.7 Å². The van der Waals surface area contributed by atoms with Crippen LogP contribution in [0.2, 0.25) is 0 Å². The second-order valence-electron chi connectivity index (χ2n) is 5.86. The van der Waals surface area contributed by atoms with Gasteiger partial charge < -0.3 is 28.4 Å². The average Bonchev–Trinajstić information content (AvgIpc) is 3.12. The lowest BCUT2D eigenvalue weighted by Gasteiger charge is -2.14. The van der Waals surface area contributed by atoms with Crippen LogP contribution < -0.4 is 23.7 Å². The van der Waals surface area contributed by atoms with Crippen molar-refractivity contribution < 1.29 is 33.2 Å². The molecule has 3 rings (SSSR count). The molecule has 8 heteroatoms. The molecule has 8 nitrogen and oxygen atoms in total. The monoisotopic (exact) mass is 399 g/mol. The van der Waals surface area contributed by atoms with Crippen LogP contribution in [0.5, 0.6) is 28.7 Å². The Morgan fingerprint density at radius 1 is 0.828 bits per heavy atom. The van der Waals surface area contributed by atoms with E-state index in [9.17, 15) is 4.79 Å². The average molecular weight is 399 g/mol. The van der Waals surface area contributed by atoms with Crippen molar-refractivity contribution in [3.63, 3.8) is 0 Å². The summed E-state index contributed by atoms with van der Waals surface area (Å²) in [6, 6.07) is 8.57. The summed E-state index contributed by atoms with van der Waals surface area (Å²) in [5.41, 5.74) is 1.26. The molecule has 0 unspecified atom stereocenters. The second-order valence-corrected chi connectivity index (χ2v) is 5.86. The first-order valence-electron chi connectivity index (χ1n) is 8.59. The third-order valence-electron chi connectivity index (χ3n) is 4.25. The fourth-order valence-electron chi connectivity index (χ4n) is 2.85. The summed E-state index contributed by atoms with van der Waals surface area (Å²) in [6.07, 6.45) is 1.56. The molecule has 0 radical (unpaired) electrons. The summed E-state index contributed by atoms with van der Waals surface area (Å²) in [4.78, 5) is 16.7. The largest absolute Gasteiger partial charge is 0.497 e. The number of nitrogens with zero attached hydrogens (tertiary/aromatic N) is 1. The van der Waals surface area contributed by atoms with Gasteiger partial charge in [0.25, 0.3) is 0 Å². The third kappa shape index (κ3) is 3.96. The second kappa shape index (κ2) is 8.55. The number of rotatable bonds is 7. The predicted octanol–water partition coefficient (Wildman–Crippen LogP) is 3.07. The van der Waals surface area contributed by atoms with Gasteiger partial charge in [-0.2, -0.15) is 0 Å². The Labute approximate surface area is 168 Å². The number of methoxy groups -OCH3 is 5. The molecular formula is C21H21NO7. The van der Waals surface area contributed by atoms with Crippen LogP contribution in [0.4, 0.5) is 0 Å². The topological polar surface area (TPSA) is 84.8 Å². The highest BCUT2D eigenvalue weighted by atomic mass is 16.6. The summed E-state index contributed by atoms with van der Waals surface area (Å²) < 4.78 is 31.9. The molecule has 29 heavy (non-hydrogen) atoms. The Morgan fingerprint density at radius 3 is 2.03 bits per heavy atom. The van der Waals surface area contributed by atoms with Crippen LogP contribution >= 0.6 is 0 Å². The number of carbonyl (C=O) groups excluding carboxylic acids is 1. The molecule has 0 aliphatic carbocycles. The van der Waals surface area contributed by atoms with Crippen molar-refractivity contribution >= 4 is 17.9 Å². The predicted molar refractivity (Wildman–Crippen MR) is 106 cm³/mol. The Balaban J connectivity index is 2.04. The normalized spacial score (nSPS) is 14.3. The summed E-state index contributed by atoms with van der Waals surface area (Å²) in [5, 5.41) is 0. The number of cyclic esters (lactones) is 1. The molecule has 1 aliphatic rings. The van der Waals surface area contributed by atoms with Crippen molar-refractivity contribution in [2.24, 2.45) is 4.99 Å². The van der Waals surface area contributed by atoms with Gasteiger partial charge in [-0.1, -0.05) is 0 Å². The lowest BCUT2D eigenvalue weighted by Crippen LogP contribution is -2.06.